The third kappa shape index (κ3) is 4.43. The smallest absolute Gasteiger partial charge is 0.240 e. The number of aryl methyl sites for hydroxylation is 1. The first-order chi connectivity index (χ1) is 12.0. The van der Waals surface area contributed by atoms with Crippen LogP contribution in [-0.4, -0.2) is 36.0 Å². The summed E-state index contributed by atoms with van der Waals surface area (Å²) in [6.07, 6.45) is 3.80. The zero-order valence-electron chi connectivity index (χ0n) is 13.8. The van der Waals surface area contributed by atoms with E-state index in [4.69, 9.17) is 0 Å². The number of anilines is 1. The standard InChI is InChI=1S/C17H19N5O2S/c1-14-20-16(13-17(21-14)22-11-5-6-12-22)18-9-10-19-25(23,24)15-7-3-2-4-8-15/h2-8,11-13,19H,9-10H2,1H3,(H,18,20,21). The molecule has 0 aliphatic heterocycles. The predicted octanol–water partition coefficient (Wildman–Crippen LogP) is 1.97. The van der Waals surface area contributed by atoms with Gasteiger partial charge in [0.2, 0.25) is 10.0 Å². The van der Waals surface area contributed by atoms with Crippen LogP contribution in [0.25, 0.3) is 5.82 Å². The summed E-state index contributed by atoms with van der Waals surface area (Å²) in [5, 5.41) is 3.12. The number of nitrogens with one attached hydrogen (secondary N) is 2. The maximum atomic E-state index is 12.1. The molecule has 0 fully saturated rings. The molecule has 0 bridgehead atoms. The quantitative estimate of drug-likeness (QED) is 0.631. The molecule has 0 saturated carbocycles. The first kappa shape index (κ1) is 17.1. The molecule has 0 saturated heterocycles. The SMILES string of the molecule is Cc1nc(NCCNS(=O)(=O)c2ccccc2)cc(-n2cccc2)n1. The molecule has 0 unspecified atom stereocenters. The maximum absolute atomic E-state index is 12.1. The lowest BCUT2D eigenvalue weighted by molar-refractivity contribution is 0.583. The fourth-order valence-electron chi connectivity index (χ4n) is 2.32. The lowest BCUT2D eigenvalue weighted by atomic mass is 10.4. The van der Waals surface area contributed by atoms with Crippen LogP contribution in [0.1, 0.15) is 5.82 Å². The summed E-state index contributed by atoms with van der Waals surface area (Å²) in [5.74, 6) is 2.04. The zero-order valence-corrected chi connectivity index (χ0v) is 14.6. The van der Waals surface area contributed by atoms with Crippen LogP contribution in [0.4, 0.5) is 5.82 Å². The second kappa shape index (κ2) is 7.45. The van der Waals surface area contributed by atoms with E-state index in [-0.39, 0.29) is 11.4 Å². The minimum absolute atomic E-state index is 0.249. The summed E-state index contributed by atoms with van der Waals surface area (Å²) in [6.45, 7) is 2.48. The van der Waals surface area contributed by atoms with Crippen LogP contribution in [0.2, 0.25) is 0 Å². The van der Waals surface area contributed by atoms with Gasteiger partial charge in [0.15, 0.2) is 0 Å². The average Bonchev–Trinajstić information content (AvgIpc) is 3.14. The monoisotopic (exact) mass is 357 g/mol. The predicted molar refractivity (Wildman–Crippen MR) is 96.2 cm³/mol. The van der Waals surface area contributed by atoms with Crippen molar-refractivity contribution in [1.82, 2.24) is 19.3 Å². The van der Waals surface area contributed by atoms with E-state index in [1.165, 1.54) is 0 Å². The van der Waals surface area contributed by atoms with E-state index in [1.54, 1.807) is 30.3 Å². The van der Waals surface area contributed by atoms with Gasteiger partial charge in [-0.25, -0.2) is 23.1 Å². The summed E-state index contributed by atoms with van der Waals surface area (Å²) in [6, 6.07) is 13.9. The van der Waals surface area contributed by atoms with Gasteiger partial charge in [0.1, 0.15) is 17.5 Å². The number of hydrogen-bond acceptors (Lipinski definition) is 5. The lowest BCUT2D eigenvalue weighted by Gasteiger charge is -2.10. The molecule has 3 aromatic rings. The van der Waals surface area contributed by atoms with Crippen molar-refractivity contribution >= 4 is 15.8 Å². The van der Waals surface area contributed by atoms with Crippen LogP contribution in [0.15, 0.2) is 65.8 Å². The molecule has 7 nitrogen and oxygen atoms in total. The highest BCUT2D eigenvalue weighted by molar-refractivity contribution is 7.89. The average molecular weight is 357 g/mol. The van der Waals surface area contributed by atoms with Crippen molar-refractivity contribution < 1.29 is 8.42 Å². The summed E-state index contributed by atoms with van der Waals surface area (Å²) >= 11 is 0. The number of benzene rings is 1. The lowest BCUT2D eigenvalue weighted by Crippen LogP contribution is -2.29. The Morgan fingerprint density at radius 1 is 1.00 bits per heavy atom. The maximum Gasteiger partial charge on any atom is 0.240 e. The topological polar surface area (TPSA) is 88.9 Å². The van der Waals surface area contributed by atoms with Gasteiger partial charge in [-0.1, -0.05) is 18.2 Å². The largest absolute Gasteiger partial charge is 0.369 e. The van der Waals surface area contributed by atoms with Crippen LogP contribution in [0.3, 0.4) is 0 Å². The Kier molecular flexibility index (Phi) is 5.11. The number of nitrogens with zero attached hydrogens (tertiary/aromatic N) is 3. The third-order valence-corrected chi connectivity index (χ3v) is 4.95. The normalized spacial score (nSPS) is 11.4. The van der Waals surface area contributed by atoms with E-state index in [2.05, 4.69) is 20.0 Å². The van der Waals surface area contributed by atoms with Crippen LogP contribution in [0.5, 0.6) is 0 Å². The van der Waals surface area contributed by atoms with Gasteiger partial charge in [0.25, 0.3) is 0 Å². The van der Waals surface area contributed by atoms with E-state index in [1.807, 2.05) is 42.1 Å². The summed E-state index contributed by atoms with van der Waals surface area (Å²) in [7, 11) is -3.49. The van der Waals surface area contributed by atoms with Crippen molar-refractivity contribution in [3.63, 3.8) is 0 Å². The second-order valence-corrected chi connectivity index (χ2v) is 7.15. The fourth-order valence-corrected chi connectivity index (χ4v) is 3.37. The van der Waals surface area contributed by atoms with Crippen molar-refractivity contribution in [3.8, 4) is 5.82 Å². The minimum Gasteiger partial charge on any atom is -0.369 e. The van der Waals surface area contributed by atoms with E-state index in [0.29, 0.717) is 18.2 Å². The highest BCUT2D eigenvalue weighted by atomic mass is 32.2. The Labute approximate surface area is 146 Å². The molecule has 0 amide bonds. The van der Waals surface area contributed by atoms with Crippen molar-refractivity contribution in [2.75, 3.05) is 18.4 Å². The molecule has 2 heterocycles. The van der Waals surface area contributed by atoms with Gasteiger partial charge in [0, 0.05) is 31.5 Å². The Balaban J connectivity index is 1.59. The van der Waals surface area contributed by atoms with E-state index < -0.39 is 10.0 Å². The van der Waals surface area contributed by atoms with E-state index in [0.717, 1.165) is 5.82 Å². The molecule has 8 heteroatoms. The molecule has 0 aliphatic carbocycles. The highest BCUT2D eigenvalue weighted by Crippen LogP contribution is 2.11. The van der Waals surface area contributed by atoms with Gasteiger partial charge >= 0.3 is 0 Å². The van der Waals surface area contributed by atoms with Crippen LogP contribution in [-0.2, 0) is 10.0 Å². The van der Waals surface area contributed by atoms with Crippen LogP contribution < -0.4 is 10.0 Å². The number of sulfonamides is 1. The highest BCUT2D eigenvalue weighted by Gasteiger charge is 2.12. The third-order valence-electron chi connectivity index (χ3n) is 3.47. The molecule has 0 atom stereocenters. The van der Waals surface area contributed by atoms with Crippen molar-refractivity contribution in [1.29, 1.82) is 0 Å². The number of rotatable bonds is 7. The summed E-state index contributed by atoms with van der Waals surface area (Å²) in [5.41, 5.74) is 0. The molecule has 130 valence electrons. The van der Waals surface area contributed by atoms with Gasteiger partial charge in [-0.2, -0.15) is 0 Å². The van der Waals surface area contributed by atoms with Crippen LogP contribution >= 0.6 is 0 Å². The zero-order chi connectivity index (χ0) is 17.7. The molecule has 2 N–H and O–H groups in total. The van der Waals surface area contributed by atoms with Crippen molar-refractivity contribution in [3.05, 3.63) is 66.7 Å². The van der Waals surface area contributed by atoms with Gasteiger partial charge in [0.05, 0.1) is 4.90 Å². The molecule has 3 rings (SSSR count). The molecule has 0 radical (unpaired) electrons. The summed E-state index contributed by atoms with van der Waals surface area (Å²) in [4.78, 5) is 8.96. The van der Waals surface area contributed by atoms with Crippen LogP contribution in [0, 0.1) is 6.92 Å². The minimum atomic E-state index is -3.49. The van der Waals surface area contributed by atoms with Gasteiger partial charge in [-0.05, 0) is 31.2 Å². The molecule has 25 heavy (non-hydrogen) atoms. The Hall–Kier alpha value is -2.71. The number of aromatic nitrogens is 3. The Bertz CT molecular complexity index is 925. The second-order valence-electron chi connectivity index (χ2n) is 5.39. The first-order valence-corrected chi connectivity index (χ1v) is 9.30. The van der Waals surface area contributed by atoms with E-state index >= 15 is 0 Å². The fraction of sp³-hybridized carbons (Fsp3) is 0.176. The van der Waals surface area contributed by atoms with E-state index in [9.17, 15) is 8.42 Å². The molecular weight excluding hydrogens is 338 g/mol. The summed E-state index contributed by atoms with van der Waals surface area (Å²) < 4.78 is 28.7. The molecule has 0 aliphatic rings. The van der Waals surface area contributed by atoms with Gasteiger partial charge in [-0.15, -0.1) is 0 Å². The van der Waals surface area contributed by atoms with Crippen molar-refractivity contribution in [2.24, 2.45) is 0 Å². The van der Waals surface area contributed by atoms with Gasteiger partial charge in [-0.3, -0.25) is 0 Å². The molecule has 0 spiro atoms. The molecular formula is C17H19N5O2S. The Morgan fingerprint density at radius 2 is 1.72 bits per heavy atom. The van der Waals surface area contributed by atoms with Crippen molar-refractivity contribution in [2.45, 2.75) is 11.8 Å². The molecule has 1 aromatic carbocycles. The van der Waals surface area contributed by atoms with Gasteiger partial charge < -0.3 is 9.88 Å². The molecule has 2 aromatic heterocycles. The number of hydrogen-bond donors (Lipinski definition) is 2. The Morgan fingerprint density at radius 3 is 2.44 bits per heavy atom. The first-order valence-electron chi connectivity index (χ1n) is 7.82.